The molecule has 6 heteroatoms. The molecule has 0 saturated carbocycles. The fourth-order valence-corrected chi connectivity index (χ4v) is 4.21. The van der Waals surface area contributed by atoms with Gasteiger partial charge in [0.05, 0.1) is 13.2 Å². The maximum absolute atomic E-state index is 5.51. The number of nitrogens with zero attached hydrogens (tertiary/aromatic N) is 3. The molecule has 1 aromatic carbocycles. The summed E-state index contributed by atoms with van der Waals surface area (Å²) in [6.45, 7) is 11.2. The molecule has 2 fully saturated rings. The van der Waals surface area contributed by atoms with Gasteiger partial charge in [-0.25, -0.2) is 4.99 Å². The van der Waals surface area contributed by atoms with E-state index in [0.29, 0.717) is 18.5 Å². The van der Waals surface area contributed by atoms with Crippen LogP contribution in [0, 0.1) is 5.92 Å². The molecule has 1 aromatic rings. The molecule has 0 bridgehead atoms. The van der Waals surface area contributed by atoms with Crippen LogP contribution < -0.4 is 5.32 Å². The molecule has 164 valence electrons. The van der Waals surface area contributed by atoms with E-state index in [0.717, 1.165) is 45.2 Å². The molecule has 0 radical (unpaired) electrons. The summed E-state index contributed by atoms with van der Waals surface area (Å²) in [7, 11) is 2.13. The Hall–Kier alpha value is -0.860. The monoisotopic (exact) mass is 514 g/mol. The fraction of sp³-hybridized carbons (Fsp3) is 0.696. The Morgan fingerprint density at radius 2 is 1.97 bits per heavy atom. The highest BCUT2D eigenvalue weighted by molar-refractivity contribution is 14.0. The van der Waals surface area contributed by atoms with Crippen LogP contribution >= 0.6 is 24.0 Å². The zero-order valence-corrected chi connectivity index (χ0v) is 20.7. The Balaban J connectivity index is 0.00000300. The molecule has 3 rings (SSSR count). The first-order valence-electron chi connectivity index (χ1n) is 11.0. The second-order valence-electron chi connectivity index (χ2n) is 8.41. The van der Waals surface area contributed by atoms with Crippen molar-refractivity contribution in [3.8, 4) is 0 Å². The van der Waals surface area contributed by atoms with Crippen molar-refractivity contribution in [2.75, 3.05) is 39.9 Å². The summed E-state index contributed by atoms with van der Waals surface area (Å²) in [6, 6.07) is 9.74. The summed E-state index contributed by atoms with van der Waals surface area (Å²) in [6.07, 6.45) is 5.21. The van der Waals surface area contributed by atoms with Gasteiger partial charge in [-0.15, -0.1) is 24.0 Å². The van der Waals surface area contributed by atoms with Gasteiger partial charge in [0.15, 0.2) is 5.96 Å². The molecular formula is C23H39IN4O. The highest BCUT2D eigenvalue weighted by atomic mass is 127. The number of aliphatic imine (C=N–C) groups is 1. The summed E-state index contributed by atoms with van der Waals surface area (Å²) in [5.41, 5.74) is 2.68. The topological polar surface area (TPSA) is 40.1 Å². The Morgan fingerprint density at radius 1 is 1.21 bits per heavy atom. The van der Waals surface area contributed by atoms with Crippen LogP contribution in [0.3, 0.4) is 0 Å². The molecular weight excluding hydrogens is 475 g/mol. The smallest absolute Gasteiger partial charge is 0.193 e. The van der Waals surface area contributed by atoms with E-state index in [4.69, 9.17) is 9.73 Å². The van der Waals surface area contributed by atoms with Crippen molar-refractivity contribution in [2.45, 2.75) is 58.7 Å². The van der Waals surface area contributed by atoms with Gasteiger partial charge in [-0.3, -0.25) is 4.90 Å². The Kier molecular flexibility index (Phi) is 10.7. The van der Waals surface area contributed by atoms with Gasteiger partial charge >= 0.3 is 0 Å². The van der Waals surface area contributed by atoms with Crippen LogP contribution in [-0.2, 0) is 17.8 Å². The van der Waals surface area contributed by atoms with Crippen LogP contribution in [-0.4, -0.2) is 61.7 Å². The molecule has 2 heterocycles. The number of benzene rings is 1. The van der Waals surface area contributed by atoms with Crippen LogP contribution in [0.25, 0.3) is 0 Å². The van der Waals surface area contributed by atoms with Gasteiger partial charge in [0, 0.05) is 45.2 Å². The predicted molar refractivity (Wildman–Crippen MR) is 132 cm³/mol. The van der Waals surface area contributed by atoms with E-state index in [9.17, 15) is 0 Å². The largest absolute Gasteiger partial charge is 0.381 e. The van der Waals surface area contributed by atoms with E-state index in [1.807, 2.05) is 0 Å². The van der Waals surface area contributed by atoms with Gasteiger partial charge in [-0.05, 0) is 50.8 Å². The van der Waals surface area contributed by atoms with E-state index in [2.05, 4.69) is 60.3 Å². The van der Waals surface area contributed by atoms with E-state index < -0.39 is 0 Å². The molecule has 1 N–H and O–H groups in total. The quantitative estimate of drug-likeness (QED) is 0.338. The molecule has 2 saturated heterocycles. The Bertz CT molecular complexity index is 616. The fourth-order valence-electron chi connectivity index (χ4n) is 4.21. The van der Waals surface area contributed by atoms with Crippen molar-refractivity contribution >= 4 is 29.9 Å². The van der Waals surface area contributed by atoms with Crippen molar-refractivity contribution in [2.24, 2.45) is 10.9 Å². The maximum atomic E-state index is 5.51. The maximum Gasteiger partial charge on any atom is 0.193 e. The number of piperidine rings is 1. The first kappa shape index (κ1) is 24.4. The average Bonchev–Trinajstić information content (AvgIpc) is 3.21. The van der Waals surface area contributed by atoms with E-state index in [1.165, 1.54) is 36.9 Å². The van der Waals surface area contributed by atoms with Crippen LogP contribution in [0.5, 0.6) is 0 Å². The molecule has 0 aromatic heterocycles. The first-order valence-corrected chi connectivity index (χ1v) is 11.0. The number of guanidine groups is 1. The zero-order chi connectivity index (χ0) is 19.8. The van der Waals surface area contributed by atoms with Crippen molar-refractivity contribution in [3.05, 3.63) is 35.4 Å². The lowest BCUT2D eigenvalue weighted by Crippen LogP contribution is -2.41. The first-order chi connectivity index (χ1) is 13.7. The summed E-state index contributed by atoms with van der Waals surface area (Å²) >= 11 is 0. The highest BCUT2D eigenvalue weighted by Crippen LogP contribution is 2.19. The third-order valence-corrected chi connectivity index (χ3v) is 6.01. The molecule has 2 aliphatic heterocycles. The van der Waals surface area contributed by atoms with Crippen LogP contribution in [0.2, 0.25) is 0 Å². The number of nitrogens with one attached hydrogen (secondary N) is 1. The standard InChI is InChI=1S/C23H38N4O.HI/c1-4-24-23(26(3)16-22-12-14-28-18-22)25-15-20-8-10-21(11-9-20)17-27-13-6-5-7-19(27)2;/h8-11,19,22H,4-7,12-18H2,1-3H3,(H,24,25);1H. The molecule has 29 heavy (non-hydrogen) atoms. The van der Waals surface area contributed by atoms with E-state index >= 15 is 0 Å². The van der Waals surface area contributed by atoms with E-state index in [-0.39, 0.29) is 24.0 Å². The summed E-state index contributed by atoms with van der Waals surface area (Å²) in [4.78, 5) is 9.72. The summed E-state index contributed by atoms with van der Waals surface area (Å²) < 4.78 is 5.51. The Morgan fingerprint density at radius 3 is 2.62 bits per heavy atom. The third kappa shape index (κ3) is 7.72. The van der Waals surface area contributed by atoms with Crippen molar-refractivity contribution in [3.63, 3.8) is 0 Å². The van der Waals surface area contributed by atoms with Gasteiger partial charge in [-0.1, -0.05) is 30.7 Å². The van der Waals surface area contributed by atoms with Crippen molar-refractivity contribution in [1.29, 1.82) is 0 Å². The Labute approximate surface area is 194 Å². The molecule has 0 spiro atoms. The lowest BCUT2D eigenvalue weighted by atomic mass is 10.0. The second kappa shape index (κ2) is 12.7. The number of likely N-dealkylation sites (tertiary alicyclic amines) is 1. The van der Waals surface area contributed by atoms with Gasteiger partial charge in [0.25, 0.3) is 0 Å². The zero-order valence-electron chi connectivity index (χ0n) is 18.4. The molecule has 5 nitrogen and oxygen atoms in total. The third-order valence-electron chi connectivity index (χ3n) is 6.01. The van der Waals surface area contributed by atoms with Gasteiger partial charge in [0.2, 0.25) is 0 Å². The van der Waals surface area contributed by atoms with Gasteiger partial charge in [0.1, 0.15) is 0 Å². The average molecular weight is 514 g/mol. The van der Waals surface area contributed by atoms with Crippen LogP contribution in [0.4, 0.5) is 0 Å². The highest BCUT2D eigenvalue weighted by Gasteiger charge is 2.19. The minimum Gasteiger partial charge on any atom is -0.381 e. The number of halogens is 1. The number of hydrogen-bond acceptors (Lipinski definition) is 3. The van der Waals surface area contributed by atoms with Crippen LogP contribution in [0.15, 0.2) is 29.3 Å². The molecule has 2 atom stereocenters. The number of hydrogen-bond donors (Lipinski definition) is 1. The molecule has 2 unspecified atom stereocenters. The summed E-state index contributed by atoms with van der Waals surface area (Å²) in [5.74, 6) is 1.60. The minimum atomic E-state index is 0. The van der Waals surface area contributed by atoms with Crippen molar-refractivity contribution in [1.82, 2.24) is 15.1 Å². The molecule has 0 amide bonds. The molecule has 2 aliphatic rings. The number of rotatable bonds is 7. The summed E-state index contributed by atoms with van der Waals surface area (Å²) in [5, 5.41) is 3.43. The number of ether oxygens (including phenoxy) is 1. The normalized spacial score (nSPS) is 22.9. The van der Waals surface area contributed by atoms with Gasteiger partial charge < -0.3 is 15.0 Å². The minimum absolute atomic E-state index is 0. The predicted octanol–water partition coefficient (Wildman–Crippen LogP) is 4.11. The van der Waals surface area contributed by atoms with Gasteiger partial charge in [-0.2, -0.15) is 0 Å². The van der Waals surface area contributed by atoms with Crippen molar-refractivity contribution < 1.29 is 4.74 Å². The SMILES string of the molecule is CCNC(=NCc1ccc(CN2CCCCC2C)cc1)N(C)CC1CCOC1.I. The lowest BCUT2D eigenvalue weighted by molar-refractivity contribution is 0.152. The second-order valence-corrected chi connectivity index (χ2v) is 8.41. The van der Waals surface area contributed by atoms with E-state index in [1.54, 1.807) is 0 Å². The molecule has 0 aliphatic carbocycles. The van der Waals surface area contributed by atoms with Crippen LogP contribution in [0.1, 0.15) is 50.7 Å². The lowest BCUT2D eigenvalue weighted by Gasteiger charge is -2.33.